The van der Waals surface area contributed by atoms with Gasteiger partial charge >= 0.3 is 18.9 Å². The summed E-state index contributed by atoms with van der Waals surface area (Å²) in [5.41, 5.74) is 0. The maximum absolute atomic E-state index is 11.9. The number of aromatic nitrogens is 1. The van der Waals surface area contributed by atoms with Gasteiger partial charge in [0, 0.05) is 11.0 Å². The SMILES string of the molecule is Fc1[c-]nc(Cl)cc1.[Li+]. The summed E-state index contributed by atoms with van der Waals surface area (Å²) in [6.45, 7) is 0. The number of nitrogens with zero attached hydrogens (tertiary/aromatic N) is 1. The van der Waals surface area contributed by atoms with Crippen molar-refractivity contribution in [1.29, 1.82) is 0 Å². The summed E-state index contributed by atoms with van der Waals surface area (Å²) in [6, 6.07) is 2.57. The molecular formula is C5H2ClFLiN. The summed E-state index contributed by atoms with van der Waals surface area (Å²) in [5, 5.41) is 0.256. The average Bonchev–Trinajstić information content (AvgIpc) is 1.77. The van der Waals surface area contributed by atoms with Crippen LogP contribution in [0.1, 0.15) is 0 Å². The minimum Gasteiger partial charge on any atom is -0.373 e. The molecule has 0 aromatic carbocycles. The Labute approximate surface area is 69.4 Å². The molecule has 1 aromatic rings. The molecule has 0 spiro atoms. The van der Waals surface area contributed by atoms with Crippen LogP contribution in [0.5, 0.6) is 0 Å². The van der Waals surface area contributed by atoms with Crippen LogP contribution in [-0.2, 0) is 0 Å². The zero-order valence-corrected chi connectivity index (χ0v) is 5.61. The van der Waals surface area contributed by atoms with Crippen LogP contribution in [0.15, 0.2) is 12.1 Å². The molecule has 0 N–H and O–H groups in total. The first-order valence-electron chi connectivity index (χ1n) is 1.99. The molecule has 42 valence electrons. The summed E-state index contributed by atoms with van der Waals surface area (Å²) >= 11 is 5.30. The van der Waals surface area contributed by atoms with Gasteiger partial charge in [0.25, 0.3) is 0 Å². The molecule has 9 heavy (non-hydrogen) atoms. The predicted octanol–water partition coefficient (Wildman–Crippen LogP) is -1.32. The molecule has 0 bridgehead atoms. The van der Waals surface area contributed by atoms with Crippen LogP contribution in [0.25, 0.3) is 0 Å². The van der Waals surface area contributed by atoms with Gasteiger partial charge in [0.1, 0.15) is 0 Å². The van der Waals surface area contributed by atoms with Crippen LogP contribution in [0.3, 0.4) is 0 Å². The fraction of sp³-hybridized carbons (Fsp3) is 0. The van der Waals surface area contributed by atoms with Crippen molar-refractivity contribution in [3.63, 3.8) is 0 Å². The molecule has 1 nitrogen and oxygen atoms in total. The third-order valence-electron chi connectivity index (χ3n) is 0.637. The van der Waals surface area contributed by atoms with Crippen LogP contribution >= 0.6 is 11.6 Å². The zero-order chi connectivity index (χ0) is 5.98. The zero-order valence-electron chi connectivity index (χ0n) is 4.86. The molecule has 0 amide bonds. The van der Waals surface area contributed by atoms with E-state index in [-0.39, 0.29) is 24.0 Å². The average molecular weight is 137 g/mol. The van der Waals surface area contributed by atoms with Crippen molar-refractivity contribution >= 4 is 11.6 Å². The third kappa shape index (κ3) is 2.86. The summed E-state index contributed by atoms with van der Waals surface area (Å²) in [4.78, 5) is 3.34. The first-order chi connectivity index (χ1) is 3.79. The first-order valence-corrected chi connectivity index (χ1v) is 2.36. The van der Waals surface area contributed by atoms with E-state index in [1.807, 2.05) is 0 Å². The topological polar surface area (TPSA) is 12.9 Å². The number of hydrogen-bond acceptors (Lipinski definition) is 1. The van der Waals surface area contributed by atoms with Gasteiger partial charge in [-0.05, 0) is 6.20 Å². The maximum Gasteiger partial charge on any atom is 1.00 e. The van der Waals surface area contributed by atoms with E-state index in [1.165, 1.54) is 12.1 Å². The van der Waals surface area contributed by atoms with Gasteiger partial charge < -0.3 is 4.98 Å². The van der Waals surface area contributed by atoms with Gasteiger partial charge in [-0.2, -0.15) is 0 Å². The maximum atomic E-state index is 11.9. The van der Waals surface area contributed by atoms with Crippen LogP contribution in [-0.4, -0.2) is 4.98 Å². The first kappa shape index (κ1) is 8.97. The molecular weight excluding hydrogens is 135 g/mol. The Morgan fingerprint density at radius 2 is 2.22 bits per heavy atom. The molecule has 0 unspecified atom stereocenters. The van der Waals surface area contributed by atoms with Crippen molar-refractivity contribution in [2.24, 2.45) is 0 Å². The number of halogens is 2. The van der Waals surface area contributed by atoms with Crippen molar-refractivity contribution in [1.82, 2.24) is 4.98 Å². The summed E-state index contributed by atoms with van der Waals surface area (Å²) in [5.74, 6) is -0.491. The molecule has 0 aliphatic carbocycles. The molecule has 0 saturated heterocycles. The van der Waals surface area contributed by atoms with Gasteiger partial charge in [-0.3, -0.25) is 0 Å². The minimum absolute atomic E-state index is 0. The Balaban J connectivity index is 0.000000640. The van der Waals surface area contributed by atoms with E-state index in [4.69, 9.17) is 11.6 Å². The van der Waals surface area contributed by atoms with E-state index in [9.17, 15) is 4.39 Å². The Morgan fingerprint density at radius 3 is 2.56 bits per heavy atom. The van der Waals surface area contributed by atoms with E-state index in [1.54, 1.807) is 0 Å². The largest absolute Gasteiger partial charge is 1.00 e. The van der Waals surface area contributed by atoms with Crippen LogP contribution < -0.4 is 18.9 Å². The monoisotopic (exact) mass is 137 g/mol. The fourth-order valence-electron chi connectivity index (χ4n) is 0.323. The third-order valence-corrected chi connectivity index (χ3v) is 0.847. The quantitative estimate of drug-likeness (QED) is 0.246. The molecule has 1 rings (SSSR count). The molecule has 4 heteroatoms. The molecule has 0 atom stereocenters. The molecule has 1 heterocycles. The molecule has 0 radical (unpaired) electrons. The van der Waals surface area contributed by atoms with Crippen LogP contribution in [0, 0.1) is 12.0 Å². The normalized spacial score (nSPS) is 8.22. The second-order valence-corrected chi connectivity index (χ2v) is 1.61. The van der Waals surface area contributed by atoms with Crippen molar-refractivity contribution in [3.8, 4) is 0 Å². The van der Waals surface area contributed by atoms with Crippen LogP contribution in [0.4, 0.5) is 4.39 Å². The smallest absolute Gasteiger partial charge is 0.373 e. The van der Waals surface area contributed by atoms with Gasteiger partial charge in [0.15, 0.2) is 0 Å². The van der Waals surface area contributed by atoms with Gasteiger partial charge in [0.05, 0.1) is 0 Å². The Kier molecular flexibility index (Phi) is 3.88. The summed E-state index contributed by atoms with van der Waals surface area (Å²) in [6.07, 6.45) is 2.05. The Hall–Kier alpha value is -0.0326. The minimum atomic E-state index is -0.491. The second kappa shape index (κ2) is 3.89. The number of pyridine rings is 1. The fourth-order valence-corrected chi connectivity index (χ4v) is 0.429. The molecule has 0 saturated carbocycles. The number of hydrogen-bond donors (Lipinski definition) is 0. The van der Waals surface area contributed by atoms with E-state index >= 15 is 0 Å². The van der Waals surface area contributed by atoms with E-state index in [0.717, 1.165) is 0 Å². The van der Waals surface area contributed by atoms with Crippen molar-refractivity contribution < 1.29 is 23.3 Å². The Morgan fingerprint density at radius 1 is 1.56 bits per heavy atom. The number of rotatable bonds is 0. The van der Waals surface area contributed by atoms with E-state index < -0.39 is 5.82 Å². The molecule has 1 aromatic heterocycles. The van der Waals surface area contributed by atoms with E-state index in [0.29, 0.717) is 0 Å². The Bertz CT molecular complexity index is 156. The summed E-state index contributed by atoms with van der Waals surface area (Å²) < 4.78 is 11.9. The molecule has 0 aliphatic heterocycles. The summed E-state index contributed by atoms with van der Waals surface area (Å²) in [7, 11) is 0. The predicted molar refractivity (Wildman–Crippen MR) is 28.0 cm³/mol. The standard InChI is InChI=1S/C5H2ClFN.Li/c6-5-2-1-4(7)3-8-5;/h1-2H;/q-1;+1. The van der Waals surface area contributed by atoms with Crippen LogP contribution in [0.2, 0.25) is 5.15 Å². The molecule has 0 aliphatic rings. The van der Waals surface area contributed by atoms with Gasteiger partial charge in [-0.15, -0.1) is 23.7 Å². The van der Waals surface area contributed by atoms with Gasteiger partial charge in [-0.25, -0.2) is 4.39 Å². The van der Waals surface area contributed by atoms with E-state index in [2.05, 4.69) is 11.2 Å². The molecule has 0 fully saturated rings. The van der Waals surface area contributed by atoms with Gasteiger partial charge in [0.2, 0.25) is 0 Å². The second-order valence-electron chi connectivity index (χ2n) is 1.23. The van der Waals surface area contributed by atoms with Crippen molar-refractivity contribution in [2.45, 2.75) is 0 Å². The van der Waals surface area contributed by atoms with Crippen molar-refractivity contribution in [3.05, 3.63) is 29.3 Å². The van der Waals surface area contributed by atoms with Gasteiger partial charge in [-0.1, -0.05) is 0 Å². The van der Waals surface area contributed by atoms with Crippen molar-refractivity contribution in [2.75, 3.05) is 0 Å².